The van der Waals surface area contributed by atoms with Gasteiger partial charge in [-0.05, 0) is 37.1 Å². The van der Waals surface area contributed by atoms with Crippen molar-refractivity contribution in [1.29, 1.82) is 0 Å². The van der Waals surface area contributed by atoms with E-state index < -0.39 is 17.7 Å². The highest BCUT2D eigenvalue weighted by Gasteiger charge is 2.52. The van der Waals surface area contributed by atoms with Gasteiger partial charge in [0.25, 0.3) is 11.6 Å². The lowest BCUT2D eigenvalue weighted by Crippen LogP contribution is -2.63. The zero-order valence-corrected chi connectivity index (χ0v) is 18.5. The summed E-state index contributed by atoms with van der Waals surface area (Å²) < 4.78 is 0. The van der Waals surface area contributed by atoms with Gasteiger partial charge in [-0.1, -0.05) is 73.5 Å². The number of nitrogens with zero attached hydrogens (tertiary/aromatic N) is 1. The molecular formula is C23H25Cl2N3O3. The van der Waals surface area contributed by atoms with E-state index >= 15 is 0 Å². The third-order valence-electron chi connectivity index (χ3n) is 5.99. The van der Waals surface area contributed by atoms with E-state index in [4.69, 9.17) is 23.2 Å². The highest BCUT2D eigenvalue weighted by atomic mass is 35.5. The summed E-state index contributed by atoms with van der Waals surface area (Å²) in [6.07, 6.45) is 7.23. The molecule has 1 fully saturated rings. The Hall–Kier alpha value is -2.28. The molecule has 0 radical (unpaired) electrons. The number of benzene rings is 2. The molecule has 31 heavy (non-hydrogen) atoms. The summed E-state index contributed by atoms with van der Waals surface area (Å²) in [5.74, 6) is -0.633. The lowest BCUT2D eigenvalue weighted by Gasteiger charge is -2.43. The maximum Gasteiger partial charge on any atom is 0.329 e. The maximum absolute atomic E-state index is 13.6. The fraction of sp³-hybridized carbons (Fsp3) is 0.391. The second-order valence-corrected chi connectivity index (χ2v) is 8.91. The molecule has 2 aromatic carbocycles. The molecular weight excluding hydrogens is 437 g/mol. The summed E-state index contributed by atoms with van der Waals surface area (Å²) >= 11 is 12.2. The minimum absolute atomic E-state index is 0.0513. The number of aliphatic hydroxyl groups is 1. The number of amides is 3. The normalized spacial score (nSPS) is 22.2. The number of carbonyl (C=O) groups excluding carboxylic acids is 2. The molecule has 3 amide bonds. The van der Waals surface area contributed by atoms with E-state index in [1.54, 1.807) is 30.3 Å². The van der Waals surface area contributed by atoms with Crippen molar-refractivity contribution in [1.82, 2.24) is 5.32 Å². The summed E-state index contributed by atoms with van der Waals surface area (Å²) in [6, 6.07) is 10.6. The van der Waals surface area contributed by atoms with E-state index in [9.17, 15) is 14.7 Å². The summed E-state index contributed by atoms with van der Waals surface area (Å²) in [4.78, 5) is 27.7. The fourth-order valence-corrected chi connectivity index (χ4v) is 4.67. The van der Waals surface area contributed by atoms with Crippen molar-refractivity contribution in [3.8, 4) is 0 Å². The number of carbonyl (C=O) groups is 2. The number of halogens is 2. The molecule has 2 aliphatic rings. The predicted octanol–water partition coefficient (Wildman–Crippen LogP) is 5.42. The van der Waals surface area contributed by atoms with Crippen molar-refractivity contribution in [2.75, 3.05) is 10.2 Å². The van der Waals surface area contributed by atoms with Gasteiger partial charge in [0.15, 0.2) is 0 Å². The van der Waals surface area contributed by atoms with Gasteiger partial charge in [0.1, 0.15) is 0 Å². The Morgan fingerprint density at radius 3 is 2.42 bits per heavy atom. The average molecular weight is 462 g/mol. The van der Waals surface area contributed by atoms with Crippen molar-refractivity contribution in [3.05, 3.63) is 58.1 Å². The van der Waals surface area contributed by atoms with Crippen molar-refractivity contribution in [3.63, 3.8) is 0 Å². The van der Waals surface area contributed by atoms with Crippen LogP contribution in [0.5, 0.6) is 0 Å². The van der Waals surface area contributed by atoms with Crippen LogP contribution in [0.4, 0.5) is 16.2 Å². The molecule has 3 N–H and O–H groups in total. The van der Waals surface area contributed by atoms with Crippen LogP contribution in [0.15, 0.2) is 42.5 Å². The molecule has 4 rings (SSSR count). The molecule has 0 bridgehead atoms. The zero-order valence-electron chi connectivity index (χ0n) is 17.0. The Morgan fingerprint density at radius 2 is 1.71 bits per heavy atom. The van der Waals surface area contributed by atoms with Gasteiger partial charge in [-0.25, -0.2) is 4.79 Å². The zero-order chi connectivity index (χ0) is 22.0. The highest BCUT2D eigenvalue weighted by Crippen LogP contribution is 2.41. The molecule has 0 unspecified atom stereocenters. The first kappa shape index (κ1) is 21.9. The number of nitrogens with one attached hydrogen (secondary N) is 2. The van der Waals surface area contributed by atoms with Gasteiger partial charge >= 0.3 is 6.03 Å². The largest absolute Gasteiger partial charge is 0.359 e. The first-order valence-electron chi connectivity index (χ1n) is 10.6. The quantitative estimate of drug-likeness (QED) is 0.570. The SMILES string of the molecule is O=C1Nc2ccccc2[C@](O)(C(=O)NC2CCCCCCC2)N1c1ccc(Cl)c(Cl)c1. The summed E-state index contributed by atoms with van der Waals surface area (Å²) in [6.45, 7) is 0. The standard InChI is InChI=1S/C23H25Cl2N3O3/c24-18-13-12-16(14-19(18)25)28-22(30)27-20-11-7-6-10-17(20)23(28,31)21(29)26-15-8-4-2-1-3-5-9-15/h6-7,10-15,31H,1-5,8-9H2,(H,26,29)(H,27,30)/t23-/m0/s1. The number of fused-ring (bicyclic) bond motifs is 1. The van der Waals surface area contributed by atoms with Crippen molar-refractivity contribution in [2.45, 2.75) is 56.7 Å². The molecule has 0 aromatic heterocycles. The van der Waals surface area contributed by atoms with Crippen LogP contribution in [0.2, 0.25) is 10.0 Å². The van der Waals surface area contributed by atoms with Crippen LogP contribution < -0.4 is 15.5 Å². The Kier molecular flexibility index (Phi) is 6.42. The topological polar surface area (TPSA) is 81.7 Å². The van der Waals surface area contributed by atoms with Crippen LogP contribution in [-0.4, -0.2) is 23.1 Å². The number of urea groups is 1. The molecule has 1 saturated carbocycles. The highest BCUT2D eigenvalue weighted by molar-refractivity contribution is 6.42. The van der Waals surface area contributed by atoms with Gasteiger partial charge in [-0.3, -0.25) is 9.69 Å². The van der Waals surface area contributed by atoms with Crippen molar-refractivity contribution < 1.29 is 14.7 Å². The van der Waals surface area contributed by atoms with Gasteiger partial charge < -0.3 is 15.7 Å². The van der Waals surface area contributed by atoms with Crippen LogP contribution in [0.1, 0.15) is 50.5 Å². The third kappa shape index (κ3) is 4.25. The predicted molar refractivity (Wildman–Crippen MR) is 123 cm³/mol. The van der Waals surface area contributed by atoms with Crippen LogP contribution in [0.3, 0.4) is 0 Å². The minimum atomic E-state index is -2.24. The molecule has 6 nitrogen and oxygen atoms in total. The lowest BCUT2D eigenvalue weighted by molar-refractivity contribution is -0.141. The Balaban J connectivity index is 1.75. The first-order chi connectivity index (χ1) is 14.9. The molecule has 1 aliphatic carbocycles. The number of rotatable bonds is 3. The van der Waals surface area contributed by atoms with E-state index in [0.717, 1.165) is 43.4 Å². The van der Waals surface area contributed by atoms with Gasteiger partial charge in [0.2, 0.25) is 0 Å². The monoisotopic (exact) mass is 461 g/mol. The second kappa shape index (κ2) is 9.07. The minimum Gasteiger partial charge on any atom is -0.359 e. The summed E-state index contributed by atoms with van der Waals surface area (Å²) in [5, 5.41) is 18.2. The lowest BCUT2D eigenvalue weighted by atomic mass is 9.92. The molecule has 1 heterocycles. The molecule has 2 aromatic rings. The van der Waals surface area contributed by atoms with Crippen molar-refractivity contribution in [2.24, 2.45) is 0 Å². The number of hydrogen-bond acceptors (Lipinski definition) is 3. The number of hydrogen-bond donors (Lipinski definition) is 3. The van der Waals surface area contributed by atoms with Gasteiger partial charge in [-0.15, -0.1) is 0 Å². The molecule has 164 valence electrons. The smallest absolute Gasteiger partial charge is 0.329 e. The Morgan fingerprint density at radius 1 is 1.03 bits per heavy atom. The third-order valence-corrected chi connectivity index (χ3v) is 6.73. The Labute approximate surface area is 191 Å². The maximum atomic E-state index is 13.6. The molecule has 8 heteroatoms. The van der Waals surface area contributed by atoms with E-state index in [-0.39, 0.29) is 16.8 Å². The van der Waals surface area contributed by atoms with Gasteiger partial charge in [0.05, 0.1) is 21.4 Å². The van der Waals surface area contributed by atoms with Crippen molar-refractivity contribution >= 4 is 46.5 Å². The number of para-hydroxylation sites is 1. The van der Waals surface area contributed by atoms with Crippen LogP contribution in [0, 0.1) is 0 Å². The summed E-state index contributed by atoms with van der Waals surface area (Å²) in [5.41, 5.74) is -1.29. The van der Waals surface area contributed by atoms with E-state index in [1.165, 1.54) is 18.6 Å². The number of anilines is 2. The van der Waals surface area contributed by atoms with E-state index in [0.29, 0.717) is 16.3 Å². The van der Waals surface area contributed by atoms with E-state index in [1.807, 2.05) is 0 Å². The van der Waals surface area contributed by atoms with Crippen LogP contribution in [0.25, 0.3) is 0 Å². The first-order valence-corrected chi connectivity index (χ1v) is 11.4. The van der Waals surface area contributed by atoms with Gasteiger partial charge in [0, 0.05) is 11.6 Å². The Bertz CT molecular complexity index is 992. The van der Waals surface area contributed by atoms with E-state index in [2.05, 4.69) is 10.6 Å². The average Bonchev–Trinajstić information content (AvgIpc) is 2.72. The molecule has 0 spiro atoms. The van der Waals surface area contributed by atoms with Crippen LogP contribution in [-0.2, 0) is 10.5 Å². The summed E-state index contributed by atoms with van der Waals surface area (Å²) in [7, 11) is 0. The molecule has 0 saturated heterocycles. The van der Waals surface area contributed by atoms with Gasteiger partial charge in [-0.2, -0.15) is 0 Å². The fourth-order valence-electron chi connectivity index (χ4n) is 4.37. The second-order valence-electron chi connectivity index (χ2n) is 8.10. The van der Waals surface area contributed by atoms with Crippen LogP contribution >= 0.6 is 23.2 Å². The molecule has 1 aliphatic heterocycles. The molecule has 1 atom stereocenters.